The predicted octanol–water partition coefficient (Wildman–Crippen LogP) is 2.05. The molecule has 0 atom stereocenters. The lowest BCUT2D eigenvalue weighted by atomic mass is 10.1. The summed E-state index contributed by atoms with van der Waals surface area (Å²) in [7, 11) is 2.40. The summed E-state index contributed by atoms with van der Waals surface area (Å²) >= 11 is 1.45. The van der Waals surface area contributed by atoms with E-state index >= 15 is 0 Å². The summed E-state index contributed by atoms with van der Waals surface area (Å²) in [6.07, 6.45) is 0.0576. The van der Waals surface area contributed by atoms with E-state index in [0.29, 0.717) is 0 Å². The molecule has 1 amide bonds. The molecule has 0 aliphatic rings. The number of esters is 3. The molecule has 1 aromatic carbocycles. The second kappa shape index (κ2) is 9.48. The first-order valence-electron chi connectivity index (χ1n) is 7.71. The van der Waals surface area contributed by atoms with Crippen LogP contribution in [0, 0.1) is 0 Å². The Hall–Kier alpha value is -3.20. The van der Waals surface area contributed by atoms with Crippen LogP contribution in [0.5, 0.6) is 0 Å². The van der Waals surface area contributed by atoms with Crippen LogP contribution in [-0.2, 0) is 30.2 Å². The molecule has 27 heavy (non-hydrogen) atoms. The quantitative estimate of drug-likeness (QED) is 0.568. The zero-order valence-electron chi connectivity index (χ0n) is 14.6. The van der Waals surface area contributed by atoms with E-state index in [0.717, 1.165) is 5.56 Å². The van der Waals surface area contributed by atoms with Gasteiger partial charge in [0.15, 0.2) is 6.61 Å². The molecule has 142 valence electrons. The van der Waals surface area contributed by atoms with Crippen molar-refractivity contribution in [1.29, 1.82) is 0 Å². The minimum absolute atomic E-state index is 0.0445. The van der Waals surface area contributed by atoms with Gasteiger partial charge >= 0.3 is 17.9 Å². The van der Waals surface area contributed by atoms with Crippen LogP contribution in [-0.4, -0.2) is 44.6 Å². The molecule has 0 aliphatic heterocycles. The molecule has 0 aliphatic carbocycles. The highest BCUT2D eigenvalue weighted by atomic mass is 32.1. The molecular formula is C18H17NO7S. The number of methoxy groups -OCH3 is 2. The molecule has 0 unspecified atom stereocenters. The lowest BCUT2D eigenvalue weighted by molar-refractivity contribution is -0.146. The van der Waals surface area contributed by atoms with E-state index in [4.69, 9.17) is 4.74 Å². The Morgan fingerprint density at radius 3 is 2.41 bits per heavy atom. The molecule has 1 N–H and O–H groups in total. The molecule has 0 radical (unpaired) electrons. The molecule has 0 saturated carbocycles. The third kappa shape index (κ3) is 5.65. The van der Waals surface area contributed by atoms with Gasteiger partial charge in [-0.05, 0) is 40.6 Å². The van der Waals surface area contributed by atoms with Crippen molar-refractivity contribution in [3.63, 3.8) is 0 Å². The highest BCUT2D eigenvalue weighted by molar-refractivity contribution is 7.08. The standard InChI is InChI=1S/C18H17NO7S/c1-24-17(22)12-3-4-13(18(23)25-2)14(8-12)19-15(20)9-26-16(21)7-11-5-6-27-10-11/h3-6,8,10H,7,9H2,1-2H3,(H,19,20). The van der Waals surface area contributed by atoms with Crippen LogP contribution >= 0.6 is 11.3 Å². The molecular weight excluding hydrogens is 374 g/mol. The minimum Gasteiger partial charge on any atom is -0.465 e. The summed E-state index contributed by atoms with van der Waals surface area (Å²) in [4.78, 5) is 47.3. The van der Waals surface area contributed by atoms with Crippen molar-refractivity contribution >= 4 is 40.8 Å². The number of anilines is 1. The predicted molar refractivity (Wildman–Crippen MR) is 96.7 cm³/mol. The van der Waals surface area contributed by atoms with E-state index in [9.17, 15) is 19.2 Å². The minimum atomic E-state index is -0.698. The number of carbonyl (C=O) groups is 4. The number of benzene rings is 1. The fourth-order valence-corrected chi connectivity index (χ4v) is 2.79. The van der Waals surface area contributed by atoms with E-state index in [1.165, 1.54) is 43.8 Å². The molecule has 0 spiro atoms. The van der Waals surface area contributed by atoms with Gasteiger partial charge in [-0.3, -0.25) is 9.59 Å². The van der Waals surface area contributed by atoms with Gasteiger partial charge in [-0.15, -0.1) is 0 Å². The number of thiophene rings is 1. The molecule has 1 aromatic heterocycles. The van der Waals surface area contributed by atoms with Crippen LogP contribution in [0.25, 0.3) is 0 Å². The maximum Gasteiger partial charge on any atom is 0.339 e. The van der Waals surface area contributed by atoms with Crippen LogP contribution in [0.15, 0.2) is 35.0 Å². The Bertz CT molecular complexity index is 845. The molecule has 2 rings (SSSR count). The van der Waals surface area contributed by atoms with Gasteiger partial charge < -0.3 is 19.5 Å². The van der Waals surface area contributed by atoms with Crippen LogP contribution < -0.4 is 5.32 Å². The molecule has 0 bridgehead atoms. The van der Waals surface area contributed by atoms with Crippen molar-refractivity contribution in [2.75, 3.05) is 26.1 Å². The lowest BCUT2D eigenvalue weighted by Crippen LogP contribution is -2.23. The van der Waals surface area contributed by atoms with Gasteiger partial charge in [0.2, 0.25) is 0 Å². The van der Waals surface area contributed by atoms with E-state index in [1.807, 2.05) is 10.8 Å². The van der Waals surface area contributed by atoms with Crippen LogP contribution in [0.4, 0.5) is 5.69 Å². The average Bonchev–Trinajstić information content (AvgIpc) is 3.18. The van der Waals surface area contributed by atoms with Crippen molar-refractivity contribution in [2.24, 2.45) is 0 Å². The van der Waals surface area contributed by atoms with E-state index in [-0.39, 0.29) is 23.2 Å². The van der Waals surface area contributed by atoms with Crippen molar-refractivity contribution in [3.05, 3.63) is 51.7 Å². The van der Waals surface area contributed by atoms with Crippen LogP contribution in [0.3, 0.4) is 0 Å². The monoisotopic (exact) mass is 391 g/mol. The summed E-state index contributed by atoms with van der Waals surface area (Å²) in [5.74, 6) is -2.55. The number of amides is 1. The number of rotatable bonds is 7. The second-order valence-electron chi connectivity index (χ2n) is 5.26. The van der Waals surface area contributed by atoms with Crippen LogP contribution in [0.2, 0.25) is 0 Å². The van der Waals surface area contributed by atoms with Crippen molar-refractivity contribution in [2.45, 2.75) is 6.42 Å². The average molecular weight is 391 g/mol. The maximum atomic E-state index is 12.1. The van der Waals surface area contributed by atoms with Crippen LogP contribution in [0.1, 0.15) is 26.3 Å². The molecule has 2 aromatic rings. The maximum absolute atomic E-state index is 12.1. The first kappa shape index (κ1) is 20.1. The third-order valence-electron chi connectivity index (χ3n) is 3.41. The third-order valence-corrected chi connectivity index (χ3v) is 4.14. The van der Waals surface area contributed by atoms with E-state index < -0.39 is 30.4 Å². The lowest BCUT2D eigenvalue weighted by Gasteiger charge is -2.11. The second-order valence-corrected chi connectivity index (χ2v) is 6.04. The summed E-state index contributed by atoms with van der Waals surface area (Å²) in [6, 6.07) is 5.76. The molecule has 8 nitrogen and oxygen atoms in total. The fraction of sp³-hybridized carbons (Fsp3) is 0.222. The summed E-state index contributed by atoms with van der Waals surface area (Å²) in [5, 5.41) is 6.08. The fourth-order valence-electron chi connectivity index (χ4n) is 2.12. The molecule has 0 fully saturated rings. The van der Waals surface area contributed by atoms with Crippen molar-refractivity contribution < 1.29 is 33.4 Å². The number of ether oxygens (including phenoxy) is 3. The summed E-state index contributed by atoms with van der Waals surface area (Å²) < 4.78 is 14.2. The highest BCUT2D eigenvalue weighted by Gasteiger charge is 2.18. The largest absolute Gasteiger partial charge is 0.465 e. The van der Waals surface area contributed by atoms with Gasteiger partial charge in [-0.1, -0.05) is 0 Å². The topological polar surface area (TPSA) is 108 Å². The molecule has 0 saturated heterocycles. The SMILES string of the molecule is COC(=O)c1ccc(C(=O)OC)c(NC(=O)COC(=O)Cc2ccsc2)c1. The summed E-state index contributed by atoms with van der Waals surface area (Å²) in [6.45, 7) is -0.536. The van der Waals surface area contributed by atoms with Crippen molar-refractivity contribution in [1.82, 2.24) is 0 Å². The Labute approximate surface area is 159 Å². The summed E-state index contributed by atoms with van der Waals surface area (Å²) in [5.41, 5.74) is 1.02. The Kier molecular flexibility index (Phi) is 7.07. The van der Waals surface area contributed by atoms with Gasteiger partial charge in [-0.2, -0.15) is 11.3 Å². The number of carbonyl (C=O) groups excluding carboxylic acids is 4. The normalized spacial score (nSPS) is 10.0. The van der Waals surface area contributed by atoms with E-state index in [2.05, 4.69) is 14.8 Å². The Morgan fingerprint density at radius 1 is 1.04 bits per heavy atom. The zero-order valence-corrected chi connectivity index (χ0v) is 15.5. The molecule has 9 heteroatoms. The molecule has 1 heterocycles. The zero-order chi connectivity index (χ0) is 19.8. The van der Waals surface area contributed by atoms with Gasteiger partial charge in [0.1, 0.15) is 0 Å². The van der Waals surface area contributed by atoms with Gasteiger partial charge in [-0.25, -0.2) is 9.59 Å². The number of hydrogen-bond acceptors (Lipinski definition) is 8. The Morgan fingerprint density at radius 2 is 1.78 bits per heavy atom. The smallest absolute Gasteiger partial charge is 0.339 e. The van der Waals surface area contributed by atoms with E-state index in [1.54, 1.807) is 6.07 Å². The first-order valence-corrected chi connectivity index (χ1v) is 8.66. The number of hydrogen-bond donors (Lipinski definition) is 1. The number of nitrogens with one attached hydrogen (secondary N) is 1. The van der Waals surface area contributed by atoms with Gasteiger partial charge in [0.05, 0.1) is 37.5 Å². The first-order chi connectivity index (χ1) is 12.9. The van der Waals surface area contributed by atoms with Gasteiger partial charge in [0.25, 0.3) is 5.91 Å². The van der Waals surface area contributed by atoms with Gasteiger partial charge in [0, 0.05) is 0 Å². The van der Waals surface area contributed by atoms with Crippen molar-refractivity contribution in [3.8, 4) is 0 Å². The Balaban J connectivity index is 2.04. The highest BCUT2D eigenvalue weighted by Crippen LogP contribution is 2.20.